The normalized spacial score (nSPS) is 19.6. The number of halogens is 2. The molecule has 1 amide bonds. The van der Waals surface area contributed by atoms with Gasteiger partial charge in [0.2, 0.25) is 0 Å². The number of carbonyl (C=O) groups is 1. The highest BCUT2D eigenvalue weighted by molar-refractivity contribution is 7.99. The summed E-state index contributed by atoms with van der Waals surface area (Å²) in [6, 6.07) is 11.5. The molecular formula is C27H33ClFN3O4S2. The lowest BCUT2D eigenvalue weighted by Crippen LogP contribution is -2.50. The van der Waals surface area contributed by atoms with Crippen molar-refractivity contribution in [2.75, 3.05) is 32.0 Å². The molecule has 2 aromatic rings. The Balaban J connectivity index is 0.000000215. The van der Waals surface area contributed by atoms with Gasteiger partial charge in [-0.1, -0.05) is 11.6 Å². The van der Waals surface area contributed by atoms with Crippen molar-refractivity contribution in [3.8, 4) is 11.8 Å². The van der Waals surface area contributed by atoms with E-state index in [-0.39, 0.29) is 34.2 Å². The molecule has 2 aliphatic rings. The molecule has 4 rings (SSSR count). The van der Waals surface area contributed by atoms with E-state index in [1.54, 1.807) is 18.7 Å². The Morgan fingerprint density at radius 2 is 2.00 bits per heavy atom. The van der Waals surface area contributed by atoms with Crippen LogP contribution in [0.1, 0.15) is 44.6 Å². The van der Waals surface area contributed by atoms with E-state index < -0.39 is 5.60 Å². The highest BCUT2D eigenvalue weighted by Crippen LogP contribution is 2.32. The number of hydrogen-bond donors (Lipinski definition) is 3. The minimum Gasteiger partial charge on any atom is -0.505 e. The molecular weight excluding hydrogens is 549 g/mol. The topological polar surface area (TPSA) is 106 Å². The van der Waals surface area contributed by atoms with E-state index >= 15 is 0 Å². The number of likely N-dealkylation sites (tertiary alicyclic amines) is 1. The van der Waals surface area contributed by atoms with Gasteiger partial charge in [-0.15, -0.1) is 11.8 Å². The average molecular weight is 582 g/mol. The summed E-state index contributed by atoms with van der Waals surface area (Å²) in [4.78, 5) is 16.2. The van der Waals surface area contributed by atoms with Gasteiger partial charge in [-0.3, -0.25) is 14.4 Å². The van der Waals surface area contributed by atoms with Gasteiger partial charge in [-0.2, -0.15) is 5.26 Å². The van der Waals surface area contributed by atoms with Crippen molar-refractivity contribution in [1.82, 2.24) is 9.62 Å². The van der Waals surface area contributed by atoms with Crippen LogP contribution in [0.3, 0.4) is 0 Å². The Morgan fingerprint density at radius 1 is 1.26 bits per heavy atom. The maximum atomic E-state index is 12.7. The van der Waals surface area contributed by atoms with E-state index in [0.29, 0.717) is 17.9 Å². The fraction of sp³-hybridized carbons (Fsp3) is 0.481. The number of amides is 1. The van der Waals surface area contributed by atoms with Crippen LogP contribution in [-0.2, 0) is 9.53 Å². The number of ether oxygens (including phenoxy) is 1. The number of aromatic hydroxyl groups is 1. The zero-order chi connectivity index (χ0) is 27.5. The molecule has 11 heteroatoms. The lowest BCUT2D eigenvalue weighted by atomic mass is 9.95. The summed E-state index contributed by atoms with van der Waals surface area (Å²) in [5.74, 6) is 0.431. The van der Waals surface area contributed by atoms with Gasteiger partial charge in [0, 0.05) is 29.5 Å². The monoisotopic (exact) mass is 581 g/mol. The molecule has 0 aromatic heterocycles. The molecule has 1 atom stereocenters. The van der Waals surface area contributed by atoms with E-state index in [1.807, 2.05) is 18.2 Å². The van der Waals surface area contributed by atoms with Gasteiger partial charge in [0.05, 0.1) is 16.7 Å². The van der Waals surface area contributed by atoms with E-state index in [2.05, 4.69) is 9.62 Å². The minimum absolute atomic E-state index is 0.0689. The van der Waals surface area contributed by atoms with Crippen molar-refractivity contribution < 1.29 is 24.1 Å². The van der Waals surface area contributed by atoms with Crippen molar-refractivity contribution in [3.63, 3.8) is 0 Å². The summed E-state index contributed by atoms with van der Waals surface area (Å²) in [7, 11) is 0. The Morgan fingerprint density at radius 3 is 2.63 bits per heavy atom. The number of phenolic OH excluding ortho intramolecular Hbond substituents is 1. The first-order valence-electron chi connectivity index (χ1n) is 12.5. The lowest BCUT2D eigenvalue weighted by Gasteiger charge is -2.35. The van der Waals surface area contributed by atoms with Crippen LogP contribution in [-0.4, -0.2) is 64.7 Å². The smallest absolute Gasteiger partial charge is 0.262 e. The van der Waals surface area contributed by atoms with E-state index in [9.17, 15) is 14.3 Å². The first-order valence-corrected chi connectivity index (χ1v) is 14.7. The highest BCUT2D eigenvalue weighted by Gasteiger charge is 2.36. The molecule has 2 saturated heterocycles. The average Bonchev–Trinajstić information content (AvgIpc) is 2.89. The SMILES string of the molecule is CC1(C(=O)NSc2cc(Cl)c(O)c(C#N)c2)CCCCO1.OC1CN(CCCCSc2ccc(F)cc2)C1. The molecule has 0 aliphatic carbocycles. The van der Waals surface area contributed by atoms with Crippen molar-refractivity contribution >= 4 is 41.2 Å². The van der Waals surface area contributed by atoms with Gasteiger partial charge in [0.15, 0.2) is 5.75 Å². The number of thioether (sulfide) groups is 1. The number of phenols is 1. The fourth-order valence-electron chi connectivity index (χ4n) is 3.93. The predicted molar refractivity (Wildman–Crippen MR) is 149 cm³/mol. The number of hydrogen-bond acceptors (Lipinski definition) is 8. The van der Waals surface area contributed by atoms with Crippen LogP contribution in [0.5, 0.6) is 5.75 Å². The number of β-amino-alcohol motifs (C(OH)–C–C–N with tert-alkyl or cyclic N) is 1. The second-order valence-corrected chi connectivity index (χ2v) is 11.9. The van der Waals surface area contributed by atoms with Crippen LogP contribution in [0, 0.1) is 17.1 Å². The van der Waals surface area contributed by atoms with Crippen molar-refractivity contribution in [3.05, 3.63) is 52.8 Å². The number of nitriles is 1. The molecule has 1 unspecified atom stereocenters. The van der Waals surface area contributed by atoms with Crippen molar-refractivity contribution in [2.45, 2.75) is 60.5 Å². The molecule has 7 nitrogen and oxygen atoms in total. The zero-order valence-corrected chi connectivity index (χ0v) is 23.7. The Labute approximate surface area is 236 Å². The summed E-state index contributed by atoms with van der Waals surface area (Å²) in [6.07, 6.45) is 4.84. The third-order valence-corrected chi connectivity index (χ3v) is 8.40. The predicted octanol–water partition coefficient (Wildman–Crippen LogP) is 5.37. The summed E-state index contributed by atoms with van der Waals surface area (Å²) in [5, 5.41) is 27.7. The second-order valence-electron chi connectivity index (χ2n) is 9.41. The van der Waals surface area contributed by atoms with Gasteiger partial charge in [0.25, 0.3) is 5.91 Å². The number of aliphatic hydroxyl groups excluding tert-OH is 1. The number of nitrogens with zero attached hydrogens (tertiary/aromatic N) is 2. The van der Waals surface area contributed by atoms with Crippen LogP contribution in [0.15, 0.2) is 46.2 Å². The van der Waals surface area contributed by atoms with Crippen molar-refractivity contribution in [1.29, 1.82) is 5.26 Å². The molecule has 0 spiro atoms. The number of carbonyl (C=O) groups excluding carboxylic acids is 1. The Kier molecular flexibility index (Phi) is 12.0. The molecule has 0 bridgehead atoms. The standard InChI is InChI=1S/C14H15ClN2O3S.C13H18FNOS/c1-14(4-2-3-5-20-14)13(19)17-21-10-6-9(8-16)12(18)11(15)7-10;14-11-3-5-13(6-4-11)17-8-2-1-7-15-9-12(16)10-15/h6-7,18H,2-5H2,1H3,(H,17,19);3-6,12,16H,1-2,7-10H2. The molecule has 2 fully saturated rings. The Hall–Kier alpha value is -2.00. The molecule has 2 aliphatic heterocycles. The van der Waals surface area contributed by atoms with E-state index in [4.69, 9.17) is 26.7 Å². The number of unbranched alkanes of at least 4 members (excludes halogenated alkanes) is 1. The minimum atomic E-state index is -0.815. The van der Waals surface area contributed by atoms with Gasteiger partial charge < -0.3 is 14.9 Å². The second kappa shape index (κ2) is 15.0. The maximum absolute atomic E-state index is 12.7. The van der Waals surface area contributed by atoms with E-state index in [0.717, 1.165) is 61.5 Å². The maximum Gasteiger partial charge on any atom is 0.262 e. The third-order valence-electron chi connectivity index (χ3n) is 6.26. The molecule has 206 valence electrons. The van der Waals surface area contributed by atoms with Gasteiger partial charge >= 0.3 is 0 Å². The zero-order valence-electron chi connectivity index (χ0n) is 21.3. The number of rotatable bonds is 9. The first-order chi connectivity index (χ1) is 18.2. The molecule has 2 heterocycles. The summed E-state index contributed by atoms with van der Waals surface area (Å²) in [6.45, 7) is 5.11. The van der Waals surface area contributed by atoms with Crippen LogP contribution < -0.4 is 4.72 Å². The summed E-state index contributed by atoms with van der Waals surface area (Å²) < 4.78 is 20.9. The number of benzene rings is 2. The summed E-state index contributed by atoms with van der Waals surface area (Å²) in [5.41, 5.74) is -0.747. The third kappa shape index (κ3) is 9.33. The largest absolute Gasteiger partial charge is 0.505 e. The van der Waals surface area contributed by atoms with Crippen LogP contribution in [0.25, 0.3) is 0 Å². The summed E-state index contributed by atoms with van der Waals surface area (Å²) >= 11 is 8.66. The number of nitrogens with one attached hydrogen (secondary N) is 1. The van der Waals surface area contributed by atoms with Gasteiger partial charge in [-0.25, -0.2) is 4.39 Å². The van der Waals surface area contributed by atoms with Crippen LogP contribution in [0.2, 0.25) is 5.02 Å². The molecule has 0 radical (unpaired) electrons. The molecule has 2 aromatic carbocycles. The Bertz CT molecular complexity index is 1100. The highest BCUT2D eigenvalue weighted by atomic mass is 35.5. The van der Waals surface area contributed by atoms with E-state index in [1.165, 1.54) is 30.7 Å². The molecule has 38 heavy (non-hydrogen) atoms. The molecule has 3 N–H and O–H groups in total. The lowest BCUT2D eigenvalue weighted by molar-refractivity contribution is -0.148. The quantitative estimate of drug-likeness (QED) is 0.206. The van der Waals surface area contributed by atoms with Crippen molar-refractivity contribution in [2.24, 2.45) is 0 Å². The first kappa shape index (κ1) is 30.5. The van der Waals surface area contributed by atoms with Gasteiger partial charge in [0.1, 0.15) is 17.5 Å². The number of aliphatic hydroxyl groups is 1. The van der Waals surface area contributed by atoms with Gasteiger partial charge in [-0.05, 0) is 99.7 Å². The molecule has 0 saturated carbocycles. The van der Waals surface area contributed by atoms with Crippen LogP contribution in [0.4, 0.5) is 4.39 Å². The van der Waals surface area contributed by atoms with Crippen LogP contribution >= 0.6 is 35.3 Å². The fourth-order valence-corrected chi connectivity index (χ4v) is 5.90.